The number of hydrogen-bond acceptors (Lipinski definition) is 5. The number of para-hydroxylation sites is 1. The fraction of sp³-hybridized carbons (Fsp3) is 0.0323. The topological polar surface area (TPSA) is 60.1 Å². The van der Waals surface area contributed by atoms with Crippen LogP contribution in [0.25, 0.3) is 0 Å². The van der Waals surface area contributed by atoms with Crippen LogP contribution in [0.1, 0.15) is 0 Å². The summed E-state index contributed by atoms with van der Waals surface area (Å²) in [5, 5.41) is 16.9. The van der Waals surface area contributed by atoms with Crippen molar-refractivity contribution < 1.29 is 0 Å². The van der Waals surface area contributed by atoms with Crippen LogP contribution in [0.3, 0.4) is 0 Å². The standard InChI is InChI=1S/C31H29N5/c1-32-23-7-9-25(10-8-23)34-27-15-17-29(18-16-27)36-31-21-19-30(20-22-31)35-28-13-11-26(12-14-28)33-24-5-3-2-4-6-24/h2-22,32-36H,1H3. The molecule has 0 fully saturated rings. The van der Waals surface area contributed by atoms with E-state index in [0.717, 1.165) is 51.2 Å². The van der Waals surface area contributed by atoms with Crippen molar-refractivity contribution in [2.75, 3.05) is 33.6 Å². The molecule has 5 aromatic carbocycles. The molecule has 5 heteroatoms. The van der Waals surface area contributed by atoms with Gasteiger partial charge in [0.2, 0.25) is 0 Å². The maximum atomic E-state index is 3.46. The van der Waals surface area contributed by atoms with Gasteiger partial charge < -0.3 is 26.6 Å². The maximum absolute atomic E-state index is 3.46. The number of rotatable bonds is 9. The Hall–Kier alpha value is -4.90. The Morgan fingerprint density at radius 2 is 0.500 bits per heavy atom. The predicted molar refractivity (Wildman–Crippen MR) is 155 cm³/mol. The highest BCUT2D eigenvalue weighted by atomic mass is 14.9. The molecular weight excluding hydrogens is 442 g/mol. The molecule has 0 aliphatic heterocycles. The van der Waals surface area contributed by atoms with Crippen molar-refractivity contribution in [2.45, 2.75) is 0 Å². The van der Waals surface area contributed by atoms with Gasteiger partial charge in [-0.3, -0.25) is 0 Å². The highest BCUT2D eigenvalue weighted by Crippen LogP contribution is 2.25. The molecule has 0 amide bonds. The normalized spacial score (nSPS) is 10.4. The smallest absolute Gasteiger partial charge is 0.0385 e. The van der Waals surface area contributed by atoms with E-state index in [1.165, 1.54) is 0 Å². The molecule has 5 aromatic rings. The van der Waals surface area contributed by atoms with Crippen molar-refractivity contribution in [1.82, 2.24) is 0 Å². The van der Waals surface area contributed by atoms with Crippen LogP contribution in [0.2, 0.25) is 0 Å². The zero-order valence-corrected chi connectivity index (χ0v) is 20.1. The lowest BCUT2D eigenvalue weighted by atomic mass is 10.2. The van der Waals surface area contributed by atoms with Crippen LogP contribution >= 0.6 is 0 Å². The minimum Gasteiger partial charge on any atom is -0.388 e. The first kappa shape index (κ1) is 22.9. The first-order chi connectivity index (χ1) is 17.7. The van der Waals surface area contributed by atoms with Crippen LogP contribution in [0.5, 0.6) is 0 Å². The summed E-state index contributed by atoms with van der Waals surface area (Å²) < 4.78 is 0. The molecule has 0 saturated carbocycles. The SMILES string of the molecule is CNc1ccc(Nc2ccc(Nc3ccc(Nc4ccc(Nc5ccccc5)cc4)cc3)cc2)cc1. The van der Waals surface area contributed by atoms with E-state index >= 15 is 0 Å². The van der Waals surface area contributed by atoms with Crippen LogP contribution in [-0.4, -0.2) is 7.05 Å². The summed E-state index contributed by atoms with van der Waals surface area (Å²) in [6.45, 7) is 0. The van der Waals surface area contributed by atoms with Crippen molar-refractivity contribution in [2.24, 2.45) is 0 Å². The summed E-state index contributed by atoms with van der Waals surface area (Å²) in [7, 11) is 1.92. The largest absolute Gasteiger partial charge is 0.388 e. The molecule has 0 aromatic heterocycles. The van der Waals surface area contributed by atoms with Gasteiger partial charge in [0.05, 0.1) is 0 Å². The summed E-state index contributed by atoms with van der Waals surface area (Å²) in [5.74, 6) is 0. The van der Waals surface area contributed by atoms with Gasteiger partial charge in [-0.1, -0.05) is 18.2 Å². The van der Waals surface area contributed by atoms with E-state index in [9.17, 15) is 0 Å². The Morgan fingerprint density at radius 1 is 0.278 bits per heavy atom. The molecule has 0 radical (unpaired) electrons. The summed E-state index contributed by atoms with van der Waals surface area (Å²) in [5.41, 5.74) is 9.47. The number of hydrogen-bond donors (Lipinski definition) is 5. The second-order valence-electron chi connectivity index (χ2n) is 8.43. The average molecular weight is 472 g/mol. The van der Waals surface area contributed by atoms with Gasteiger partial charge in [-0.2, -0.15) is 0 Å². The van der Waals surface area contributed by atoms with Crippen LogP contribution in [0, 0.1) is 0 Å². The molecule has 0 heterocycles. The zero-order valence-electron chi connectivity index (χ0n) is 20.1. The van der Waals surface area contributed by atoms with E-state index in [0.29, 0.717) is 0 Å². The first-order valence-corrected chi connectivity index (χ1v) is 11.9. The molecular formula is C31H29N5. The van der Waals surface area contributed by atoms with E-state index < -0.39 is 0 Å². The molecule has 0 spiro atoms. The van der Waals surface area contributed by atoms with Crippen molar-refractivity contribution in [1.29, 1.82) is 0 Å². The van der Waals surface area contributed by atoms with E-state index in [2.05, 4.69) is 136 Å². The lowest BCUT2D eigenvalue weighted by Gasteiger charge is -2.12. The fourth-order valence-electron chi connectivity index (χ4n) is 3.82. The first-order valence-electron chi connectivity index (χ1n) is 11.9. The van der Waals surface area contributed by atoms with Crippen molar-refractivity contribution in [3.05, 3.63) is 127 Å². The van der Waals surface area contributed by atoms with Crippen LogP contribution in [0.4, 0.5) is 51.2 Å². The second kappa shape index (κ2) is 11.0. The molecule has 178 valence electrons. The minimum absolute atomic E-state index is 1.03. The fourth-order valence-corrected chi connectivity index (χ4v) is 3.82. The minimum atomic E-state index is 1.03. The summed E-state index contributed by atoms with van der Waals surface area (Å²) in [6, 6.07) is 43.2. The van der Waals surface area contributed by atoms with Crippen LogP contribution in [0.15, 0.2) is 127 Å². The Morgan fingerprint density at radius 3 is 0.750 bits per heavy atom. The average Bonchev–Trinajstić information content (AvgIpc) is 2.93. The lowest BCUT2D eigenvalue weighted by molar-refractivity contribution is 1.48. The highest BCUT2D eigenvalue weighted by Gasteiger charge is 2.00. The quantitative estimate of drug-likeness (QED) is 0.149. The number of benzene rings is 5. The number of nitrogens with one attached hydrogen (secondary N) is 5. The van der Waals surface area contributed by atoms with Gasteiger partial charge in [0, 0.05) is 58.2 Å². The van der Waals surface area contributed by atoms with Gasteiger partial charge in [0.25, 0.3) is 0 Å². The van der Waals surface area contributed by atoms with Gasteiger partial charge in [-0.15, -0.1) is 0 Å². The summed E-state index contributed by atoms with van der Waals surface area (Å²) in [6.07, 6.45) is 0. The lowest BCUT2D eigenvalue weighted by Crippen LogP contribution is -1.94. The van der Waals surface area contributed by atoms with Gasteiger partial charge in [0.1, 0.15) is 0 Å². The molecule has 0 bridgehead atoms. The predicted octanol–water partition coefficient (Wildman–Crippen LogP) is 8.70. The molecule has 5 nitrogen and oxygen atoms in total. The van der Waals surface area contributed by atoms with Crippen molar-refractivity contribution in [3.8, 4) is 0 Å². The molecule has 5 N–H and O–H groups in total. The third kappa shape index (κ3) is 6.15. The van der Waals surface area contributed by atoms with Gasteiger partial charge in [-0.25, -0.2) is 0 Å². The van der Waals surface area contributed by atoms with E-state index in [-0.39, 0.29) is 0 Å². The molecule has 5 rings (SSSR count). The molecule has 0 unspecified atom stereocenters. The van der Waals surface area contributed by atoms with Gasteiger partial charge in [-0.05, 0) is 109 Å². The molecule has 36 heavy (non-hydrogen) atoms. The monoisotopic (exact) mass is 471 g/mol. The summed E-state index contributed by atoms with van der Waals surface area (Å²) >= 11 is 0. The Balaban J connectivity index is 1.14. The van der Waals surface area contributed by atoms with Crippen molar-refractivity contribution in [3.63, 3.8) is 0 Å². The zero-order chi connectivity index (χ0) is 24.6. The molecule has 0 saturated heterocycles. The molecule has 0 atom stereocenters. The highest BCUT2D eigenvalue weighted by molar-refractivity contribution is 5.70. The molecule has 0 aliphatic carbocycles. The summed E-state index contributed by atoms with van der Waals surface area (Å²) in [4.78, 5) is 0. The van der Waals surface area contributed by atoms with E-state index in [4.69, 9.17) is 0 Å². The van der Waals surface area contributed by atoms with Crippen LogP contribution in [-0.2, 0) is 0 Å². The Labute approximate surface area is 212 Å². The Bertz CT molecular complexity index is 1360. The van der Waals surface area contributed by atoms with E-state index in [1.54, 1.807) is 0 Å². The van der Waals surface area contributed by atoms with Crippen LogP contribution < -0.4 is 26.6 Å². The third-order valence-corrected chi connectivity index (χ3v) is 5.76. The van der Waals surface area contributed by atoms with Gasteiger partial charge in [0.15, 0.2) is 0 Å². The number of anilines is 9. The van der Waals surface area contributed by atoms with E-state index in [1.807, 2.05) is 25.2 Å². The van der Waals surface area contributed by atoms with Crippen molar-refractivity contribution >= 4 is 51.2 Å². The molecule has 0 aliphatic rings. The maximum Gasteiger partial charge on any atom is 0.0385 e. The van der Waals surface area contributed by atoms with Gasteiger partial charge >= 0.3 is 0 Å². The third-order valence-electron chi connectivity index (χ3n) is 5.76. The second-order valence-corrected chi connectivity index (χ2v) is 8.43. The Kier molecular flexibility index (Phi) is 7.00.